The van der Waals surface area contributed by atoms with Crippen molar-refractivity contribution < 1.29 is 0 Å². The van der Waals surface area contributed by atoms with Crippen LogP contribution in [0.1, 0.15) is 62.6 Å². The fourth-order valence-corrected chi connectivity index (χ4v) is 2.91. The smallest absolute Gasteiger partial charge is 0.0434 e. The van der Waals surface area contributed by atoms with Gasteiger partial charge < -0.3 is 0 Å². The van der Waals surface area contributed by atoms with Gasteiger partial charge in [-0.05, 0) is 49.3 Å². The third-order valence-electron chi connectivity index (χ3n) is 4.23. The molecule has 0 aliphatic carbocycles. The Hall–Kier alpha value is -1.63. The molecular weight excluding hydrogens is 242 g/mol. The van der Waals surface area contributed by atoms with Gasteiger partial charge in [-0.1, -0.05) is 50.2 Å². The molecule has 0 spiro atoms. The van der Waals surface area contributed by atoms with E-state index in [0.29, 0.717) is 11.8 Å². The standard InChI is InChI=1S/C19H25N/c1-3-16(18-10-6-5-7-11-18)13-14-17(4-2)19-12-8-9-15-20-19/h5-12,15-17H,3-4,13-14H2,1-2H3. The molecule has 1 aromatic carbocycles. The molecule has 1 nitrogen and oxygen atoms in total. The first kappa shape index (κ1) is 14.8. The first-order valence-corrected chi connectivity index (χ1v) is 7.81. The van der Waals surface area contributed by atoms with E-state index in [1.54, 1.807) is 0 Å². The van der Waals surface area contributed by atoms with E-state index in [1.165, 1.54) is 36.9 Å². The highest BCUT2D eigenvalue weighted by atomic mass is 14.7. The Labute approximate surface area is 123 Å². The largest absolute Gasteiger partial charge is 0.261 e. The molecule has 0 amide bonds. The van der Waals surface area contributed by atoms with Gasteiger partial charge in [0.2, 0.25) is 0 Å². The number of benzene rings is 1. The average molecular weight is 267 g/mol. The van der Waals surface area contributed by atoms with Gasteiger partial charge in [0.25, 0.3) is 0 Å². The molecular formula is C19H25N. The number of aromatic nitrogens is 1. The minimum Gasteiger partial charge on any atom is -0.261 e. The maximum Gasteiger partial charge on any atom is 0.0434 e. The summed E-state index contributed by atoms with van der Waals surface area (Å²) < 4.78 is 0. The number of hydrogen-bond acceptors (Lipinski definition) is 1. The molecule has 1 heterocycles. The van der Waals surface area contributed by atoms with Crippen molar-refractivity contribution in [3.63, 3.8) is 0 Å². The highest BCUT2D eigenvalue weighted by Gasteiger charge is 2.15. The zero-order chi connectivity index (χ0) is 14.2. The van der Waals surface area contributed by atoms with Crippen molar-refractivity contribution in [1.29, 1.82) is 0 Å². The van der Waals surface area contributed by atoms with E-state index in [0.717, 1.165) is 0 Å². The summed E-state index contributed by atoms with van der Waals surface area (Å²) in [5, 5.41) is 0. The van der Waals surface area contributed by atoms with Crippen LogP contribution in [0.3, 0.4) is 0 Å². The topological polar surface area (TPSA) is 12.9 Å². The fourth-order valence-electron chi connectivity index (χ4n) is 2.91. The summed E-state index contributed by atoms with van der Waals surface area (Å²) in [5.74, 6) is 1.27. The third kappa shape index (κ3) is 3.93. The quantitative estimate of drug-likeness (QED) is 0.641. The van der Waals surface area contributed by atoms with E-state index < -0.39 is 0 Å². The normalized spacial score (nSPS) is 13.9. The number of rotatable bonds is 7. The van der Waals surface area contributed by atoms with Crippen LogP contribution in [0.25, 0.3) is 0 Å². The van der Waals surface area contributed by atoms with Crippen LogP contribution in [0.15, 0.2) is 54.7 Å². The molecule has 2 unspecified atom stereocenters. The van der Waals surface area contributed by atoms with Crippen LogP contribution in [0.2, 0.25) is 0 Å². The highest BCUT2D eigenvalue weighted by molar-refractivity contribution is 5.19. The predicted molar refractivity (Wildman–Crippen MR) is 86.0 cm³/mol. The van der Waals surface area contributed by atoms with Crippen molar-refractivity contribution >= 4 is 0 Å². The number of pyridine rings is 1. The van der Waals surface area contributed by atoms with Gasteiger partial charge in [-0.3, -0.25) is 4.98 Å². The van der Waals surface area contributed by atoms with Crippen LogP contribution in [-0.2, 0) is 0 Å². The molecule has 0 N–H and O–H groups in total. The summed E-state index contributed by atoms with van der Waals surface area (Å²) in [7, 11) is 0. The Morgan fingerprint density at radius 2 is 1.45 bits per heavy atom. The van der Waals surface area contributed by atoms with Crippen molar-refractivity contribution in [2.75, 3.05) is 0 Å². The lowest BCUT2D eigenvalue weighted by atomic mass is 9.86. The Bertz CT molecular complexity index is 430. The molecule has 0 fully saturated rings. The molecule has 1 heteroatoms. The van der Waals surface area contributed by atoms with Crippen molar-refractivity contribution in [3.8, 4) is 0 Å². The number of hydrogen-bond donors (Lipinski definition) is 0. The van der Waals surface area contributed by atoms with Gasteiger partial charge in [-0.15, -0.1) is 0 Å². The molecule has 2 aromatic rings. The Morgan fingerprint density at radius 1 is 0.800 bits per heavy atom. The second-order valence-corrected chi connectivity index (χ2v) is 5.45. The lowest BCUT2D eigenvalue weighted by Crippen LogP contribution is -2.04. The second-order valence-electron chi connectivity index (χ2n) is 5.45. The van der Waals surface area contributed by atoms with Crippen molar-refractivity contribution in [3.05, 3.63) is 66.0 Å². The number of nitrogens with zero attached hydrogens (tertiary/aromatic N) is 1. The van der Waals surface area contributed by atoms with Gasteiger partial charge in [0.15, 0.2) is 0 Å². The summed E-state index contributed by atoms with van der Waals surface area (Å²) >= 11 is 0. The van der Waals surface area contributed by atoms with E-state index in [1.807, 2.05) is 12.3 Å². The lowest BCUT2D eigenvalue weighted by molar-refractivity contribution is 0.501. The monoisotopic (exact) mass is 267 g/mol. The van der Waals surface area contributed by atoms with E-state index in [-0.39, 0.29) is 0 Å². The minimum absolute atomic E-state index is 0.592. The zero-order valence-corrected chi connectivity index (χ0v) is 12.6. The Balaban J connectivity index is 1.99. The molecule has 0 saturated heterocycles. The van der Waals surface area contributed by atoms with Crippen LogP contribution >= 0.6 is 0 Å². The van der Waals surface area contributed by atoms with E-state index >= 15 is 0 Å². The summed E-state index contributed by atoms with van der Waals surface area (Å²) in [6, 6.07) is 17.2. The SMILES string of the molecule is CCC(CCC(CC)c1ccccn1)c1ccccc1. The molecule has 2 rings (SSSR count). The van der Waals surface area contributed by atoms with Crippen LogP contribution in [0.5, 0.6) is 0 Å². The van der Waals surface area contributed by atoms with Crippen LogP contribution in [0.4, 0.5) is 0 Å². The molecule has 1 aromatic heterocycles. The highest BCUT2D eigenvalue weighted by Crippen LogP contribution is 2.30. The van der Waals surface area contributed by atoms with Crippen molar-refractivity contribution in [2.24, 2.45) is 0 Å². The van der Waals surface area contributed by atoms with Gasteiger partial charge in [0.1, 0.15) is 0 Å². The van der Waals surface area contributed by atoms with Gasteiger partial charge in [-0.25, -0.2) is 0 Å². The molecule has 20 heavy (non-hydrogen) atoms. The molecule has 106 valence electrons. The van der Waals surface area contributed by atoms with Crippen LogP contribution < -0.4 is 0 Å². The summed E-state index contributed by atoms with van der Waals surface area (Å²) in [4.78, 5) is 4.53. The fraction of sp³-hybridized carbons (Fsp3) is 0.421. The lowest BCUT2D eigenvalue weighted by Gasteiger charge is -2.19. The van der Waals surface area contributed by atoms with E-state index in [9.17, 15) is 0 Å². The molecule has 0 radical (unpaired) electrons. The maximum atomic E-state index is 4.53. The zero-order valence-electron chi connectivity index (χ0n) is 12.6. The Kier molecular flexibility index (Phi) is 5.79. The van der Waals surface area contributed by atoms with Crippen molar-refractivity contribution in [1.82, 2.24) is 4.98 Å². The summed E-state index contributed by atoms with van der Waals surface area (Å²) in [6.07, 6.45) is 6.76. The van der Waals surface area contributed by atoms with Gasteiger partial charge in [0.05, 0.1) is 0 Å². The maximum absolute atomic E-state index is 4.53. The van der Waals surface area contributed by atoms with Gasteiger partial charge in [0, 0.05) is 17.8 Å². The average Bonchev–Trinajstić information content (AvgIpc) is 2.53. The molecule has 0 bridgehead atoms. The van der Waals surface area contributed by atoms with E-state index in [2.05, 4.69) is 61.3 Å². The molecule has 0 aliphatic heterocycles. The minimum atomic E-state index is 0.592. The molecule has 2 atom stereocenters. The first-order valence-electron chi connectivity index (χ1n) is 7.81. The Morgan fingerprint density at radius 3 is 2.05 bits per heavy atom. The van der Waals surface area contributed by atoms with Crippen LogP contribution in [0, 0.1) is 0 Å². The van der Waals surface area contributed by atoms with Crippen LogP contribution in [-0.4, -0.2) is 4.98 Å². The first-order chi connectivity index (χ1) is 9.85. The second kappa shape index (κ2) is 7.84. The van der Waals surface area contributed by atoms with Gasteiger partial charge in [-0.2, -0.15) is 0 Å². The predicted octanol–water partition coefficient (Wildman–Crippen LogP) is 5.55. The van der Waals surface area contributed by atoms with Gasteiger partial charge >= 0.3 is 0 Å². The third-order valence-corrected chi connectivity index (χ3v) is 4.23. The molecule has 0 saturated carbocycles. The van der Waals surface area contributed by atoms with E-state index in [4.69, 9.17) is 0 Å². The summed E-state index contributed by atoms with van der Waals surface area (Å²) in [6.45, 7) is 4.56. The van der Waals surface area contributed by atoms with Crippen molar-refractivity contribution in [2.45, 2.75) is 51.4 Å². The summed E-state index contributed by atoms with van der Waals surface area (Å²) in [5.41, 5.74) is 2.73. The molecule has 0 aliphatic rings.